The maximum absolute atomic E-state index is 5.76. The van der Waals surface area contributed by atoms with Crippen LogP contribution in [0.4, 0.5) is 5.69 Å². The Morgan fingerprint density at radius 2 is 1.74 bits per heavy atom. The zero-order valence-electron chi connectivity index (χ0n) is 11.4. The predicted molar refractivity (Wildman–Crippen MR) is 78.7 cm³/mol. The highest BCUT2D eigenvalue weighted by Crippen LogP contribution is 2.36. The Balaban J connectivity index is 1.53. The topological polar surface area (TPSA) is 30.5 Å². The molecule has 2 aliphatic rings. The summed E-state index contributed by atoms with van der Waals surface area (Å²) in [5, 5.41) is 3.62. The summed E-state index contributed by atoms with van der Waals surface area (Å²) in [5.74, 6) is -0.249. The van der Waals surface area contributed by atoms with Gasteiger partial charge in [0.05, 0.1) is 13.2 Å². The van der Waals surface area contributed by atoms with Crippen LogP contribution in [0.1, 0.15) is 25.7 Å². The fourth-order valence-corrected chi connectivity index (χ4v) is 3.32. The van der Waals surface area contributed by atoms with Crippen molar-refractivity contribution in [2.24, 2.45) is 0 Å². The van der Waals surface area contributed by atoms with E-state index in [0.717, 1.165) is 38.9 Å². The first-order valence-corrected chi connectivity index (χ1v) is 8.21. The van der Waals surface area contributed by atoms with Gasteiger partial charge in [0.25, 0.3) is 0 Å². The highest BCUT2D eigenvalue weighted by atomic mass is 32.2. The van der Waals surface area contributed by atoms with Crippen LogP contribution < -0.4 is 5.32 Å². The standard InChI is InChI=1S/C15H21NO2S/c1-19-14-4-2-12(3-5-14)16-13-6-8-15(9-7-13)17-10-11-18-15/h2-5,13,16H,6-11H2,1H3. The van der Waals surface area contributed by atoms with Gasteiger partial charge < -0.3 is 14.8 Å². The minimum atomic E-state index is -0.249. The Hall–Kier alpha value is -0.710. The van der Waals surface area contributed by atoms with Gasteiger partial charge in [-0.2, -0.15) is 0 Å². The first kappa shape index (κ1) is 13.3. The number of rotatable bonds is 3. The maximum atomic E-state index is 5.76. The van der Waals surface area contributed by atoms with Gasteiger partial charge in [0.2, 0.25) is 0 Å². The average Bonchev–Trinajstić information content (AvgIpc) is 2.91. The van der Waals surface area contributed by atoms with E-state index in [1.807, 2.05) is 0 Å². The summed E-state index contributed by atoms with van der Waals surface area (Å²) in [7, 11) is 0. The predicted octanol–water partition coefficient (Wildman–Crippen LogP) is 3.51. The molecular weight excluding hydrogens is 258 g/mol. The highest BCUT2D eigenvalue weighted by Gasteiger charge is 2.40. The van der Waals surface area contributed by atoms with E-state index in [1.165, 1.54) is 10.6 Å². The molecule has 1 aliphatic carbocycles. The monoisotopic (exact) mass is 279 g/mol. The molecule has 1 N–H and O–H groups in total. The molecule has 19 heavy (non-hydrogen) atoms. The number of hydrogen-bond acceptors (Lipinski definition) is 4. The lowest BCUT2D eigenvalue weighted by Gasteiger charge is -2.36. The molecular formula is C15H21NO2S. The first-order chi connectivity index (χ1) is 9.30. The van der Waals surface area contributed by atoms with E-state index >= 15 is 0 Å². The van der Waals surface area contributed by atoms with Crippen molar-refractivity contribution >= 4 is 17.4 Å². The van der Waals surface area contributed by atoms with Crippen LogP contribution in [0.2, 0.25) is 0 Å². The number of thioether (sulfide) groups is 1. The van der Waals surface area contributed by atoms with Crippen LogP contribution in [0.25, 0.3) is 0 Å². The smallest absolute Gasteiger partial charge is 0.168 e. The molecule has 0 aromatic heterocycles. The molecule has 0 unspecified atom stereocenters. The molecule has 1 saturated heterocycles. The molecule has 1 saturated carbocycles. The molecule has 1 spiro atoms. The summed E-state index contributed by atoms with van der Waals surface area (Å²) in [5.41, 5.74) is 1.21. The normalized spacial score (nSPS) is 22.8. The van der Waals surface area contributed by atoms with Crippen molar-refractivity contribution in [3.63, 3.8) is 0 Å². The van der Waals surface area contributed by atoms with Gasteiger partial charge in [-0.25, -0.2) is 0 Å². The molecule has 0 atom stereocenters. The van der Waals surface area contributed by atoms with E-state index < -0.39 is 0 Å². The molecule has 1 aliphatic heterocycles. The summed E-state index contributed by atoms with van der Waals surface area (Å²) in [6.07, 6.45) is 6.35. The van der Waals surface area contributed by atoms with Gasteiger partial charge in [0.1, 0.15) is 0 Å². The van der Waals surface area contributed by atoms with Crippen LogP contribution in [-0.4, -0.2) is 31.3 Å². The average molecular weight is 279 g/mol. The quantitative estimate of drug-likeness (QED) is 0.858. The van der Waals surface area contributed by atoms with Gasteiger partial charge >= 0.3 is 0 Å². The van der Waals surface area contributed by atoms with Crippen molar-refractivity contribution in [2.45, 2.75) is 42.4 Å². The number of benzene rings is 1. The second-order valence-electron chi connectivity index (χ2n) is 5.25. The summed E-state index contributed by atoms with van der Waals surface area (Å²) in [6.45, 7) is 1.52. The third-order valence-corrected chi connectivity index (χ3v) is 4.77. The Morgan fingerprint density at radius 1 is 1.11 bits per heavy atom. The van der Waals surface area contributed by atoms with Crippen molar-refractivity contribution in [3.8, 4) is 0 Å². The zero-order valence-corrected chi connectivity index (χ0v) is 12.2. The van der Waals surface area contributed by atoms with Gasteiger partial charge in [-0.3, -0.25) is 0 Å². The molecule has 2 fully saturated rings. The van der Waals surface area contributed by atoms with Gasteiger partial charge in [-0.15, -0.1) is 11.8 Å². The van der Waals surface area contributed by atoms with Crippen molar-refractivity contribution < 1.29 is 9.47 Å². The van der Waals surface area contributed by atoms with Gasteiger partial charge in [0.15, 0.2) is 5.79 Å². The number of hydrogen-bond donors (Lipinski definition) is 1. The number of nitrogens with one attached hydrogen (secondary N) is 1. The molecule has 0 radical (unpaired) electrons. The molecule has 3 nitrogen and oxygen atoms in total. The van der Waals surface area contributed by atoms with Gasteiger partial charge in [-0.05, 0) is 43.4 Å². The molecule has 4 heteroatoms. The van der Waals surface area contributed by atoms with Crippen molar-refractivity contribution in [1.29, 1.82) is 0 Å². The Labute approximate surface area is 119 Å². The molecule has 0 amide bonds. The molecule has 1 aromatic carbocycles. The van der Waals surface area contributed by atoms with Crippen molar-refractivity contribution in [3.05, 3.63) is 24.3 Å². The Bertz CT molecular complexity index is 405. The summed E-state index contributed by atoms with van der Waals surface area (Å²) in [4.78, 5) is 1.31. The molecule has 1 heterocycles. The van der Waals surface area contributed by atoms with Crippen molar-refractivity contribution in [1.82, 2.24) is 0 Å². The molecule has 1 aromatic rings. The van der Waals surface area contributed by atoms with E-state index in [-0.39, 0.29) is 5.79 Å². The zero-order chi connectivity index (χ0) is 13.1. The SMILES string of the molecule is CSc1ccc(NC2CCC3(CC2)OCCO3)cc1. The number of anilines is 1. The summed E-state index contributed by atoms with van der Waals surface area (Å²) < 4.78 is 11.5. The Morgan fingerprint density at radius 3 is 2.32 bits per heavy atom. The van der Waals surface area contributed by atoms with E-state index in [0.29, 0.717) is 6.04 Å². The maximum Gasteiger partial charge on any atom is 0.168 e. The summed E-state index contributed by atoms with van der Waals surface area (Å²) in [6, 6.07) is 9.21. The minimum absolute atomic E-state index is 0.249. The third-order valence-electron chi connectivity index (χ3n) is 4.02. The summed E-state index contributed by atoms with van der Waals surface area (Å²) >= 11 is 1.78. The Kier molecular flexibility index (Phi) is 4.01. The molecule has 0 bridgehead atoms. The largest absolute Gasteiger partial charge is 0.382 e. The second kappa shape index (κ2) is 5.73. The van der Waals surface area contributed by atoms with Gasteiger partial charge in [0, 0.05) is 29.5 Å². The van der Waals surface area contributed by atoms with E-state index in [4.69, 9.17) is 9.47 Å². The van der Waals surface area contributed by atoms with Crippen LogP contribution >= 0.6 is 11.8 Å². The van der Waals surface area contributed by atoms with Crippen LogP contribution in [0, 0.1) is 0 Å². The highest BCUT2D eigenvalue weighted by molar-refractivity contribution is 7.98. The third kappa shape index (κ3) is 3.07. The fraction of sp³-hybridized carbons (Fsp3) is 0.600. The molecule has 3 rings (SSSR count). The second-order valence-corrected chi connectivity index (χ2v) is 6.13. The fourth-order valence-electron chi connectivity index (χ4n) is 2.91. The van der Waals surface area contributed by atoms with E-state index in [9.17, 15) is 0 Å². The van der Waals surface area contributed by atoms with Crippen LogP contribution in [0.15, 0.2) is 29.2 Å². The minimum Gasteiger partial charge on any atom is -0.382 e. The van der Waals surface area contributed by atoms with Crippen LogP contribution in [-0.2, 0) is 9.47 Å². The number of ether oxygens (including phenoxy) is 2. The lowest BCUT2D eigenvalue weighted by Crippen LogP contribution is -2.39. The lowest BCUT2D eigenvalue weighted by atomic mass is 9.90. The van der Waals surface area contributed by atoms with Gasteiger partial charge in [-0.1, -0.05) is 0 Å². The van der Waals surface area contributed by atoms with Crippen LogP contribution in [0.5, 0.6) is 0 Å². The lowest BCUT2D eigenvalue weighted by molar-refractivity contribution is -0.177. The van der Waals surface area contributed by atoms with E-state index in [1.54, 1.807) is 11.8 Å². The first-order valence-electron chi connectivity index (χ1n) is 6.98. The van der Waals surface area contributed by atoms with Crippen molar-refractivity contribution in [2.75, 3.05) is 24.8 Å². The van der Waals surface area contributed by atoms with Crippen LogP contribution in [0.3, 0.4) is 0 Å². The van der Waals surface area contributed by atoms with E-state index in [2.05, 4.69) is 35.8 Å². The molecule has 104 valence electrons.